The number of anilines is 1. The summed E-state index contributed by atoms with van der Waals surface area (Å²) in [6.45, 7) is 0.213. The standard InChI is InChI=1S/C24H23ClN4O3/c1-32-22-9-5-17(11-20(22)25)14-28-24(31)19-10-16(13-27)4-8-21(19)29-23(30)18-6-2-15(12-26)3-7-18/h4-5,8-11,15,18H,2-3,6-7,14H2,1H3,(H,28,31)(H,29,30)/t15-,18-. The van der Waals surface area contributed by atoms with Crippen molar-refractivity contribution in [1.82, 2.24) is 5.32 Å². The zero-order valence-electron chi connectivity index (χ0n) is 17.7. The van der Waals surface area contributed by atoms with Crippen LogP contribution in [0.5, 0.6) is 5.75 Å². The number of hydrogen-bond acceptors (Lipinski definition) is 5. The SMILES string of the molecule is COc1ccc(CNC(=O)c2cc(C#N)ccc2NC(=O)[C@H]2CC[C@H](C#N)CC2)cc1Cl. The number of ether oxygens (including phenoxy) is 1. The normalized spacial score (nSPS) is 17.5. The van der Waals surface area contributed by atoms with Crippen LogP contribution in [0.2, 0.25) is 5.02 Å². The van der Waals surface area contributed by atoms with Crippen LogP contribution in [0, 0.1) is 34.5 Å². The van der Waals surface area contributed by atoms with E-state index in [1.807, 2.05) is 6.07 Å². The van der Waals surface area contributed by atoms with Gasteiger partial charge in [0.2, 0.25) is 5.91 Å². The maximum Gasteiger partial charge on any atom is 0.253 e. The van der Waals surface area contributed by atoms with Gasteiger partial charge in [-0.05, 0) is 61.6 Å². The molecule has 8 heteroatoms. The molecule has 0 bridgehead atoms. The highest BCUT2D eigenvalue weighted by Gasteiger charge is 2.27. The minimum absolute atomic E-state index is 0.00163. The molecule has 2 amide bonds. The van der Waals surface area contributed by atoms with Crippen molar-refractivity contribution in [3.8, 4) is 17.9 Å². The third kappa shape index (κ3) is 5.57. The van der Waals surface area contributed by atoms with Crippen LogP contribution in [0.15, 0.2) is 36.4 Å². The molecule has 0 aromatic heterocycles. The fraction of sp³-hybridized carbons (Fsp3) is 0.333. The van der Waals surface area contributed by atoms with E-state index in [0.29, 0.717) is 47.7 Å². The Hall–Kier alpha value is -3.55. The summed E-state index contributed by atoms with van der Waals surface area (Å²) in [5, 5.41) is 24.3. The number of rotatable bonds is 6. The van der Waals surface area contributed by atoms with E-state index in [-0.39, 0.29) is 29.9 Å². The Labute approximate surface area is 191 Å². The Balaban J connectivity index is 1.72. The van der Waals surface area contributed by atoms with Crippen molar-refractivity contribution in [1.29, 1.82) is 10.5 Å². The molecule has 2 aromatic carbocycles. The Morgan fingerprint density at radius 1 is 1.12 bits per heavy atom. The second-order valence-corrected chi connectivity index (χ2v) is 8.10. The number of nitrogens with zero attached hydrogens (tertiary/aromatic N) is 2. The highest BCUT2D eigenvalue weighted by Crippen LogP contribution is 2.30. The van der Waals surface area contributed by atoms with Gasteiger partial charge in [-0.25, -0.2) is 0 Å². The Kier molecular flexibility index (Phi) is 7.70. The van der Waals surface area contributed by atoms with E-state index in [2.05, 4.69) is 16.7 Å². The first kappa shape index (κ1) is 23.1. The molecule has 0 atom stereocenters. The van der Waals surface area contributed by atoms with Gasteiger partial charge in [-0.15, -0.1) is 0 Å². The first-order valence-electron chi connectivity index (χ1n) is 10.3. The fourth-order valence-electron chi connectivity index (χ4n) is 3.73. The van der Waals surface area contributed by atoms with Gasteiger partial charge in [-0.3, -0.25) is 9.59 Å². The monoisotopic (exact) mass is 450 g/mol. The molecule has 0 radical (unpaired) electrons. The molecule has 2 N–H and O–H groups in total. The number of hydrogen-bond donors (Lipinski definition) is 2. The number of nitriles is 2. The van der Waals surface area contributed by atoms with Gasteiger partial charge in [-0.1, -0.05) is 17.7 Å². The van der Waals surface area contributed by atoms with Crippen molar-refractivity contribution in [2.24, 2.45) is 11.8 Å². The molecule has 0 aliphatic heterocycles. The third-order valence-electron chi connectivity index (χ3n) is 5.60. The summed E-state index contributed by atoms with van der Waals surface area (Å²) in [6, 6.07) is 14.1. The summed E-state index contributed by atoms with van der Waals surface area (Å²) < 4.78 is 5.13. The maximum atomic E-state index is 12.9. The molecule has 32 heavy (non-hydrogen) atoms. The molecule has 1 fully saturated rings. The molecule has 7 nitrogen and oxygen atoms in total. The quantitative estimate of drug-likeness (QED) is 0.675. The molecule has 164 valence electrons. The lowest BCUT2D eigenvalue weighted by Crippen LogP contribution is -2.29. The van der Waals surface area contributed by atoms with Crippen LogP contribution in [0.25, 0.3) is 0 Å². The Morgan fingerprint density at radius 2 is 1.88 bits per heavy atom. The first-order chi connectivity index (χ1) is 15.4. The van der Waals surface area contributed by atoms with E-state index in [4.69, 9.17) is 21.6 Å². The summed E-state index contributed by atoms with van der Waals surface area (Å²) in [4.78, 5) is 25.6. The average molecular weight is 451 g/mol. The average Bonchev–Trinajstić information content (AvgIpc) is 2.82. The van der Waals surface area contributed by atoms with Gasteiger partial charge >= 0.3 is 0 Å². The van der Waals surface area contributed by atoms with Gasteiger partial charge in [0.25, 0.3) is 5.91 Å². The lowest BCUT2D eigenvalue weighted by molar-refractivity contribution is -0.120. The Morgan fingerprint density at radius 3 is 2.50 bits per heavy atom. The van der Waals surface area contributed by atoms with E-state index in [1.54, 1.807) is 30.3 Å². The van der Waals surface area contributed by atoms with Crippen LogP contribution in [-0.4, -0.2) is 18.9 Å². The minimum Gasteiger partial charge on any atom is -0.495 e. The van der Waals surface area contributed by atoms with E-state index in [0.717, 1.165) is 5.56 Å². The van der Waals surface area contributed by atoms with E-state index >= 15 is 0 Å². The number of benzene rings is 2. The fourth-order valence-corrected chi connectivity index (χ4v) is 4.01. The van der Waals surface area contributed by atoms with Gasteiger partial charge in [0.1, 0.15) is 5.75 Å². The number of nitrogens with one attached hydrogen (secondary N) is 2. The van der Waals surface area contributed by atoms with Gasteiger partial charge in [0, 0.05) is 18.4 Å². The molecular formula is C24H23ClN4O3. The van der Waals surface area contributed by atoms with Crippen LogP contribution < -0.4 is 15.4 Å². The highest BCUT2D eigenvalue weighted by atomic mass is 35.5. The molecule has 0 heterocycles. The van der Waals surface area contributed by atoms with Crippen molar-refractivity contribution >= 4 is 29.1 Å². The third-order valence-corrected chi connectivity index (χ3v) is 5.90. The van der Waals surface area contributed by atoms with Crippen LogP contribution in [0.3, 0.4) is 0 Å². The molecule has 1 aliphatic rings. The highest BCUT2D eigenvalue weighted by molar-refractivity contribution is 6.32. The number of carbonyl (C=O) groups is 2. The van der Waals surface area contributed by atoms with Crippen molar-refractivity contribution in [3.05, 3.63) is 58.1 Å². The van der Waals surface area contributed by atoms with Crippen LogP contribution in [-0.2, 0) is 11.3 Å². The number of carbonyl (C=O) groups excluding carboxylic acids is 2. The summed E-state index contributed by atoms with van der Waals surface area (Å²) in [7, 11) is 1.52. The van der Waals surface area contributed by atoms with Crippen molar-refractivity contribution in [2.75, 3.05) is 12.4 Å². The first-order valence-corrected chi connectivity index (χ1v) is 10.7. The summed E-state index contributed by atoms with van der Waals surface area (Å²) in [5.41, 5.74) is 1.65. The molecule has 1 aliphatic carbocycles. The molecule has 3 rings (SSSR count). The van der Waals surface area contributed by atoms with Crippen molar-refractivity contribution < 1.29 is 14.3 Å². The zero-order valence-corrected chi connectivity index (χ0v) is 18.4. The largest absolute Gasteiger partial charge is 0.495 e. The molecule has 2 aromatic rings. The topological polar surface area (TPSA) is 115 Å². The van der Waals surface area contributed by atoms with E-state index in [9.17, 15) is 14.9 Å². The smallest absolute Gasteiger partial charge is 0.253 e. The number of methoxy groups -OCH3 is 1. The lowest BCUT2D eigenvalue weighted by atomic mass is 9.82. The molecular weight excluding hydrogens is 428 g/mol. The van der Waals surface area contributed by atoms with Crippen LogP contribution >= 0.6 is 11.6 Å². The summed E-state index contributed by atoms with van der Waals surface area (Å²) in [6.07, 6.45) is 2.67. The number of amides is 2. The minimum atomic E-state index is -0.419. The van der Waals surface area contributed by atoms with Crippen LogP contribution in [0.4, 0.5) is 5.69 Å². The van der Waals surface area contributed by atoms with Crippen molar-refractivity contribution in [2.45, 2.75) is 32.2 Å². The van der Waals surface area contributed by atoms with Crippen molar-refractivity contribution in [3.63, 3.8) is 0 Å². The lowest BCUT2D eigenvalue weighted by Gasteiger charge is -2.24. The van der Waals surface area contributed by atoms with Gasteiger partial charge in [-0.2, -0.15) is 10.5 Å². The number of halogens is 1. The molecule has 1 saturated carbocycles. The summed E-state index contributed by atoms with van der Waals surface area (Å²) >= 11 is 6.14. The predicted octanol–water partition coefficient (Wildman–Crippen LogP) is 4.42. The molecule has 0 unspecified atom stereocenters. The second-order valence-electron chi connectivity index (χ2n) is 7.69. The predicted molar refractivity (Wildman–Crippen MR) is 120 cm³/mol. The maximum absolute atomic E-state index is 12.9. The molecule has 0 spiro atoms. The Bertz CT molecular complexity index is 1100. The second kappa shape index (κ2) is 10.7. The van der Waals surface area contributed by atoms with Crippen LogP contribution in [0.1, 0.15) is 47.2 Å². The van der Waals surface area contributed by atoms with Gasteiger partial charge in [0.05, 0.1) is 41.1 Å². The van der Waals surface area contributed by atoms with E-state index < -0.39 is 5.91 Å². The summed E-state index contributed by atoms with van der Waals surface area (Å²) in [5.74, 6) is -0.258. The molecule has 0 saturated heterocycles. The van der Waals surface area contributed by atoms with Gasteiger partial charge in [0.15, 0.2) is 0 Å². The van der Waals surface area contributed by atoms with Gasteiger partial charge < -0.3 is 15.4 Å². The zero-order chi connectivity index (χ0) is 23.1. The van der Waals surface area contributed by atoms with E-state index in [1.165, 1.54) is 13.2 Å².